The molecule has 76 valence electrons. The highest BCUT2D eigenvalue weighted by molar-refractivity contribution is 5.58. The zero-order chi connectivity index (χ0) is 9.97. The highest BCUT2D eigenvalue weighted by Gasteiger charge is 2.10. The second-order valence-electron chi connectivity index (χ2n) is 3.84. The summed E-state index contributed by atoms with van der Waals surface area (Å²) in [5.74, 6) is 0. The summed E-state index contributed by atoms with van der Waals surface area (Å²) in [6.07, 6.45) is 0. The van der Waals surface area contributed by atoms with Gasteiger partial charge >= 0.3 is 0 Å². The molecule has 0 saturated carbocycles. The maximum Gasteiger partial charge on any atom is 0.0390 e. The number of piperazine rings is 1. The zero-order valence-corrected chi connectivity index (χ0v) is 8.59. The van der Waals surface area contributed by atoms with E-state index < -0.39 is 0 Å². The minimum Gasteiger partial charge on any atom is -0.399 e. The normalized spacial score (nSPS) is 17.1. The van der Waals surface area contributed by atoms with Crippen molar-refractivity contribution in [2.24, 2.45) is 0 Å². The number of benzene rings is 1. The van der Waals surface area contributed by atoms with E-state index in [0.717, 1.165) is 31.9 Å². The quantitative estimate of drug-likeness (QED) is 0.650. The Morgan fingerprint density at radius 1 is 1.21 bits per heavy atom. The van der Waals surface area contributed by atoms with Crippen LogP contribution in [0, 0.1) is 6.92 Å². The molecule has 0 aliphatic carbocycles. The Morgan fingerprint density at radius 2 is 1.93 bits per heavy atom. The minimum atomic E-state index is 0.860. The number of anilines is 2. The molecule has 3 N–H and O–H groups in total. The number of nitrogens with zero attached hydrogens (tertiary/aromatic N) is 1. The Labute approximate surface area is 84.9 Å². The van der Waals surface area contributed by atoms with E-state index in [4.69, 9.17) is 5.73 Å². The molecule has 0 unspecified atom stereocenters. The van der Waals surface area contributed by atoms with E-state index in [9.17, 15) is 0 Å². The van der Waals surface area contributed by atoms with Gasteiger partial charge in [0.05, 0.1) is 0 Å². The molecule has 0 spiro atoms. The van der Waals surface area contributed by atoms with Crippen molar-refractivity contribution in [1.82, 2.24) is 5.32 Å². The van der Waals surface area contributed by atoms with Gasteiger partial charge < -0.3 is 16.0 Å². The molecule has 0 radical (unpaired) electrons. The minimum absolute atomic E-state index is 0.860. The van der Waals surface area contributed by atoms with E-state index in [1.807, 2.05) is 6.07 Å². The second kappa shape index (κ2) is 3.88. The zero-order valence-electron chi connectivity index (χ0n) is 8.59. The molecular weight excluding hydrogens is 174 g/mol. The second-order valence-corrected chi connectivity index (χ2v) is 3.84. The SMILES string of the molecule is Cc1cc(N)cc(N2CCNCC2)c1. The van der Waals surface area contributed by atoms with Gasteiger partial charge in [0.1, 0.15) is 0 Å². The van der Waals surface area contributed by atoms with Gasteiger partial charge in [-0.2, -0.15) is 0 Å². The maximum absolute atomic E-state index is 5.82. The lowest BCUT2D eigenvalue weighted by Crippen LogP contribution is -2.43. The van der Waals surface area contributed by atoms with Crippen LogP contribution in [0.4, 0.5) is 11.4 Å². The number of hydrogen-bond donors (Lipinski definition) is 2. The van der Waals surface area contributed by atoms with Crippen LogP contribution in [0.2, 0.25) is 0 Å². The molecule has 1 aromatic rings. The molecule has 1 fully saturated rings. The molecule has 14 heavy (non-hydrogen) atoms. The van der Waals surface area contributed by atoms with E-state index in [1.165, 1.54) is 11.3 Å². The number of nitrogens with two attached hydrogens (primary N) is 1. The van der Waals surface area contributed by atoms with Crippen LogP contribution in [0.15, 0.2) is 18.2 Å². The molecule has 0 bridgehead atoms. The predicted octanol–water partition coefficient (Wildman–Crippen LogP) is 0.987. The first-order valence-electron chi connectivity index (χ1n) is 5.08. The lowest BCUT2D eigenvalue weighted by Gasteiger charge is -2.29. The fourth-order valence-electron chi connectivity index (χ4n) is 1.90. The average molecular weight is 191 g/mol. The van der Waals surface area contributed by atoms with Crippen molar-refractivity contribution < 1.29 is 0 Å². The molecule has 1 heterocycles. The van der Waals surface area contributed by atoms with Crippen molar-refractivity contribution in [1.29, 1.82) is 0 Å². The summed E-state index contributed by atoms with van der Waals surface area (Å²) in [5, 5.41) is 3.34. The molecule has 1 aromatic carbocycles. The fraction of sp³-hybridized carbons (Fsp3) is 0.455. The molecule has 3 nitrogen and oxygen atoms in total. The Hall–Kier alpha value is -1.22. The Kier molecular flexibility index (Phi) is 2.59. The third-order valence-electron chi connectivity index (χ3n) is 2.57. The van der Waals surface area contributed by atoms with Crippen LogP contribution in [-0.2, 0) is 0 Å². The summed E-state index contributed by atoms with van der Waals surface area (Å²) in [4.78, 5) is 2.37. The number of nitrogens with one attached hydrogen (secondary N) is 1. The van der Waals surface area contributed by atoms with Crippen LogP contribution in [0.1, 0.15) is 5.56 Å². The Bertz CT molecular complexity index is 296. The van der Waals surface area contributed by atoms with Crippen molar-refractivity contribution >= 4 is 11.4 Å². The molecule has 0 aromatic heterocycles. The lowest BCUT2D eigenvalue weighted by molar-refractivity contribution is 0.589. The monoisotopic (exact) mass is 191 g/mol. The van der Waals surface area contributed by atoms with Gasteiger partial charge in [-0.05, 0) is 30.7 Å². The summed E-state index contributed by atoms with van der Waals surface area (Å²) in [6, 6.07) is 6.26. The first-order chi connectivity index (χ1) is 6.75. The van der Waals surface area contributed by atoms with Crippen molar-refractivity contribution in [3.63, 3.8) is 0 Å². The molecule has 0 amide bonds. The predicted molar refractivity (Wildman–Crippen MR) is 60.7 cm³/mol. The largest absolute Gasteiger partial charge is 0.399 e. The van der Waals surface area contributed by atoms with Crippen LogP contribution >= 0.6 is 0 Å². The summed E-state index contributed by atoms with van der Waals surface area (Å²) < 4.78 is 0. The number of nitrogen functional groups attached to an aromatic ring is 1. The molecule has 1 saturated heterocycles. The first kappa shape index (κ1) is 9.34. The van der Waals surface area contributed by atoms with Crippen LogP contribution < -0.4 is 16.0 Å². The van der Waals surface area contributed by atoms with Crippen molar-refractivity contribution in [3.8, 4) is 0 Å². The fourth-order valence-corrected chi connectivity index (χ4v) is 1.90. The van der Waals surface area contributed by atoms with Gasteiger partial charge in [0, 0.05) is 37.6 Å². The van der Waals surface area contributed by atoms with Gasteiger partial charge in [-0.1, -0.05) is 0 Å². The van der Waals surface area contributed by atoms with E-state index in [1.54, 1.807) is 0 Å². The summed E-state index contributed by atoms with van der Waals surface area (Å²) >= 11 is 0. The number of rotatable bonds is 1. The van der Waals surface area contributed by atoms with Gasteiger partial charge in [0.2, 0.25) is 0 Å². The third kappa shape index (κ3) is 1.99. The Balaban J connectivity index is 2.21. The van der Waals surface area contributed by atoms with Gasteiger partial charge in [0.15, 0.2) is 0 Å². The first-order valence-corrected chi connectivity index (χ1v) is 5.08. The number of hydrogen-bond acceptors (Lipinski definition) is 3. The van der Waals surface area contributed by atoms with E-state index in [2.05, 4.69) is 29.3 Å². The molecule has 1 aliphatic rings. The van der Waals surface area contributed by atoms with Crippen LogP contribution in [0.25, 0.3) is 0 Å². The molecule has 1 aliphatic heterocycles. The molecule has 3 heteroatoms. The van der Waals surface area contributed by atoms with Crippen molar-refractivity contribution in [2.75, 3.05) is 36.8 Å². The van der Waals surface area contributed by atoms with Crippen LogP contribution in [0.3, 0.4) is 0 Å². The van der Waals surface area contributed by atoms with Gasteiger partial charge in [-0.3, -0.25) is 0 Å². The summed E-state index contributed by atoms with van der Waals surface area (Å²) in [5.41, 5.74) is 9.17. The topological polar surface area (TPSA) is 41.3 Å². The van der Waals surface area contributed by atoms with Crippen molar-refractivity contribution in [2.45, 2.75) is 6.92 Å². The molecular formula is C11H17N3. The lowest BCUT2D eigenvalue weighted by atomic mass is 10.1. The summed E-state index contributed by atoms with van der Waals surface area (Å²) in [6.45, 7) is 6.36. The van der Waals surface area contributed by atoms with Gasteiger partial charge in [-0.25, -0.2) is 0 Å². The van der Waals surface area contributed by atoms with E-state index in [-0.39, 0.29) is 0 Å². The molecule has 0 atom stereocenters. The highest BCUT2D eigenvalue weighted by atomic mass is 15.2. The van der Waals surface area contributed by atoms with Gasteiger partial charge in [0.25, 0.3) is 0 Å². The third-order valence-corrected chi connectivity index (χ3v) is 2.57. The summed E-state index contributed by atoms with van der Waals surface area (Å²) in [7, 11) is 0. The Morgan fingerprint density at radius 3 is 2.57 bits per heavy atom. The van der Waals surface area contributed by atoms with Crippen LogP contribution in [-0.4, -0.2) is 26.2 Å². The average Bonchev–Trinajstić information content (AvgIpc) is 2.18. The van der Waals surface area contributed by atoms with Gasteiger partial charge in [-0.15, -0.1) is 0 Å². The standard InChI is InChI=1S/C11H17N3/c1-9-6-10(12)8-11(7-9)14-4-2-13-3-5-14/h6-8,13H,2-5,12H2,1H3. The van der Waals surface area contributed by atoms with Crippen molar-refractivity contribution in [3.05, 3.63) is 23.8 Å². The highest BCUT2D eigenvalue weighted by Crippen LogP contribution is 2.20. The maximum atomic E-state index is 5.82. The van der Waals surface area contributed by atoms with E-state index >= 15 is 0 Å². The van der Waals surface area contributed by atoms with Crippen LogP contribution in [0.5, 0.6) is 0 Å². The van der Waals surface area contributed by atoms with E-state index in [0.29, 0.717) is 0 Å². The molecule has 2 rings (SSSR count). The number of aryl methyl sites for hydroxylation is 1. The smallest absolute Gasteiger partial charge is 0.0390 e.